The lowest BCUT2D eigenvalue weighted by atomic mass is 9.82. The van der Waals surface area contributed by atoms with E-state index in [9.17, 15) is 14.7 Å². The molecule has 108 valence electrons. The third-order valence-electron chi connectivity index (χ3n) is 4.84. The lowest BCUT2D eigenvalue weighted by Gasteiger charge is -2.26. The second kappa shape index (κ2) is 5.93. The van der Waals surface area contributed by atoms with E-state index in [2.05, 4.69) is 6.92 Å². The molecule has 1 atom stereocenters. The molecule has 1 N–H and O–H groups in total. The zero-order valence-electron chi connectivity index (χ0n) is 11.9. The molecular formula is C15H25NO3. The second-order valence-electron chi connectivity index (χ2n) is 6.25. The van der Waals surface area contributed by atoms with E-state index in [1.54, 1.807) is 0 Å². The summed E-state index contributed by atoms with van der Waals surface area (Å²) >= 11 is 0. The summed E-state index contributed by atoms with van der Waals surface area (Å²) in [4.78, 5) is 25.7. The molecule has 1 heterocycles. The molecule has 0 aromatic carbocycles. The van der Waals surface area contributed by atoms with Gasteiger partial charge in [-0.15, -0.1) is 0 Å². The van der Waals surface area contributed by atoms with Crippen LogP contribution in [0.25, 0.3) is 0 Å². The summed E-state index contributed by atoms with van der Waals surface area (Å²) in [5.41, 5.74) is -0.764. The Morgan fingerprint density at radius 1 is 1.32 bits per heavy atom. The number of hydrogen-bond acceptors (Lipinski definition) is 2. The number of amides is 1. The van der Waals surface area contributed by atoms with E-state index in [0.29, 0.717) is 18.8 Å². The number of carbonyl (C=O) groups is 2. The number of carboxylic acid groups (broad SMARTS) is 1. The Kier molecular flexibility index (Phi) is 4.48. The Balaban J connectivity index is 1.92. The van der Waals surface area contributed by atoms with E-state index in [-0.39, 0.29) is 12.3 Å². The van der Waals surface area contributed by atoms with Crippen LogP contribution in [0.3, 0.4) is 0 Å². The normalized spacial score (nSPS) is 25.7. The van der Waals surface area contributed by atoms with Crippen LogP contribution >= 0.6 is 0 Å². The number of aliphatic carboxylic acids is 1. The van der Waals surface area contributed by atoms with Gasteiger partial charge in [-0.05, 0) is 31.6 Å². The molecule has 0 spiro atoms. The second-order valence-corrected chi connectivity index (χ2v) is 6.25. The van der Waals surface area contributed by atoms with Crippen LogP contribution in [0.2, 0.25) is 0 Å². The first-order valence-corrected chi connectivity index (χ1v) is 7.58. The predicted molar refractivity (Wildman–Crippen MR) is 72.7 cm³/mol. The van der Waals surface area contributed by atoms with Crippen molar-refractivity contribution in [3.8, 4) is 0 Å². The molecule has 2 fully saturated rings. The number of hydrogen-bond donors (Lipinski definition) is 1. The van der Waals surface area contributed by atoms with Crippen molar-refractivity contribution in [2.75, 3.05) is 13.1 Å². The van der Waals surface area contributed by atoms with Gasteiger partial charge < -0.3 is 10.0 Å². The molecule has 1 saturated carbocycles. The van der Waals surface area contributed by atoms with E-state index in [1.165, 1.54) is 6.42 Å². The molecule has 0 aromatic rings. The lowest BCUT2D eigenvalue weighted by molar-refractivity contribution is -0.153. The van der Waals surface area contributed by atoms with Crippen LogP contribution < -0.4 is 0 Å². The summed E-state index contributed by atoms with van der Waals surface area (Å²) in [5, 5.41) is 9.42. The van der Waals surface area contributed by atoms with Crippen LogP contribution in [0.4, 0.5) is 0 Å². The third-order valence-corrected chi connectivity index (χ3v) is 4.84. The van der Waals surface area contributed by atoms with Gasteiger partial charge in [-0.2, -0.15) is 0 Å². The molecule has 4 nitrogen and oxygen atoms in total. The summed E-state index contributed by atoms with van der Waals surface area (Å²) in [7, 11) is 0. The number of carbonyl (C=O) groups excluding carboxylic acids is 1. The fraction of sp³-hybridized carbons (Fsp3) is 0.867. The summed E-state index contributed by atoms with van der Waals surface area (Å²) < 4.78 is 0. The van der Waals surface area contributed by atoms with Gasteiger partial charge in [0, 0.05) is 19.5 Å². The molecule has 1 unspecified atom stereocenters. The SMILES string of the molecule is CCCC1CCN(C(=O)CC2(C(=O)O)CCCC2)C1. The van der Waals surface area contributed by atoms with E-state index < -0.39 is 11.4 Å². The van der Waals surface area contributed by atoms with Crippen molar-refractivity contribution < 1.29 is 14.7 Å². The smallest absolute Gasteiger partial charge is 0.310 e. The highest BCUT2D eigenvalue weighted by molar-refractivity contribution is 5.85. The average molecular weight is 267 g/mol. The quantitative estimate of drug-likeness (QED) is 0.833. The van der Waals surface area contributed by atoms with Gasteiger partial charge in [-0.25, -0.2) is 0 Å². The van der Waals surface area contributed by atoms with Gasteiger partial charge >= 0.3 is 5.97 Å². The zero-order valence-corrected chi connectivity index (χ0v) is 11.9. The first-order chi connectivity index (χ1) is 9.07. The molecule has 1 aliphatic heterocycles. The standard InChI is InChI=1S/C15H25NO3/c1-2-5-12-6-9-16(11-12)13(17)10-15(14(18)19)7-3-4-8-15/h12H,2-11H2,1H3,(H,18,19). The van der Waals surface area contributed by atoms with Crippen molar-refractivity contribution in [1.29, 1.82) is 0 Å². The van der Waals surface area contributed by atoms with Gasteiger partial charge in [0.2, 0.25) is 5.91 Å². The summed E-state index contributed by atoms with van der Waals surface area (Å²) in [5.74, 6) is -0.0936. The summed E-state index contributed by atoms with van der Waals surface area (Å²) in [6.45, 7) is 3.82. The molecule has 0 aromatic heterocycles. The highest BCUT2D eigenvalue weighted by Gasteiger charge is 2.44. The van der Waals surface area contributed by atoms with Gasteiger partial charge in [0.05, 0.1) is 5.41 Å². The Labute approximate surface area is 115 Å². The third kappa shape index (κ3) is 3.10. The molecule has 0 bridgehead atoms. The van der Waals surface area contributed by atoms with Crippen molar-refractivity contribution in [3.63, 3.8) is 0 Å². The zero-order chi connectivity index (χ0) is 13.9. The van der Waals surface area contributed by atoms with Crippen molar-refractivity contribution in [3.05, 3.63) is 0 Å². The number of nitrogens with zero attached hydrogens (tertiary/aromatic N) is 1. The lowest BCUT2D eigenvalue weighted by Crippen LogP contribution is -2.37. The molecule has 1 aliphatic carbocycles. The minimum atomic E-state index is -0.775. The average Bonchev–Trinajstić information content (AvgIpc) is 2.99. The molecule has 2 rings (SSSR count). The number of likely N-dealkylation sites (tertiary alicyclic amines) is 1. The highest BCUT2D eigenvalue weighted by atomic mass is 16.4. The summed E-state index contributed by atoms with van der Waals surface area (Å²) in [6.07, 6.45) is 6.84. The molecule has 1 amide bonds. The van der Waals surface area contributed by atoms with Crippen LogP contribution in [0.5, 0.6) is 0 Å². The number of rotatable bonds is 5. The van der Waals surface area contributed by atoms with Gasteiger partial charge in [0.25, 0.3) is 0 Å². The maximum atomic E-state index is 12.3. The molecule has 4 heteroatoms. The predicted octanol–water partition coefficient (Wildman–Crippen LogP) is 2.67. The highest BCUT2D eigenvalue weighted by Crippen LogP contribution is 2.42. The van der Waals surface area contributed by atoms with Crippen LogP contribution in [0.1, 0.15) is 58.3 Å². The van der Waals surface area contributed by atoms with Crippen molar-refractivity contribution in [2.24, 2.45) is 11.3 Å². The summed E-state index contributed by atoms with van der Waals surface area (Å²) in [6, 6.07) is 0. The van der Waals surface area contributed by atoms with E-state index in [0.717, 1.165) is 38.8 Å². The van der Waals surface area contributed by atoms with Crippen LogP contribution in [-0.2, 0) is 9.59 Å². The molecule has 2 aliphatic rings. The van der Waals surface area contributed by atoms with Gasteiger partial charge in [0.15, 0.2) is 0 Å². The van der Waals surface area contributed by atoms with Gasteiger partial charge in [-0.3, -0.25) is 9.59 Å². The Hall–Kier alpha value is -1.06. The first kappa shape index (κ1) is 14.4. The van der Waals surface area contributed by atoms with Crippen LogP contribution in [-0.4, -0.2) is 35.0 Å². The maximum absolute atomic E-state index is 12.3. The molecule has 1 saturated heterocycles. The minimum absolute atomic E-state index is 0.0582. The monoisotopic (exact) mass is 267 g/mol. The van der Waals surface area contributed by atoms with E-state index in [4.69, 9.17) is 0 Å². The fourth-order valence-corrected chi connectivity index (χ4v) is 3.62. The van der Waals surface area contributed by atoms with Crippen molar-refractivity contribution in [1.82, 2.24) is 4.90 Å². The molecule has 0 radical (unpaired) electrons. The van der Waals surface area contributed by atoms with E-state index >= 15 is 0 Å². The topological polar surface area (TPSA) is 57.6 Å². The van der Waals surface area contributed by atoms with Gasteiger partial charge in [-0.1, -0.05) is 26.2 Å². The first-order valence-electron chi connectivity index (χ1n) is 7.58. The maximum Gasteiger partial charge on any atom is 0.310 e. The van der Waals surface area contributed by atoms with E-state index in [1.807, 2.05) is 4.90 Å². The minimum Gasteiger partial charge on any atom is -0.481 e. The molecule has 19 heavy (non-hydrogen) atoms. The Morgan fingerprint density at radius 2 is 2.00 bits per heavy atom. The Morgan fingerprint density at radius 3 is 2.58 bits per heavy atom. The van der Waals surface area contributed by atoms with Crippen molar-refractivity contribution >= 4 is 11.9 Å². The molecular weight excluding hydrogens is 242 g/mol. The van der Waals surface area contributed by atoms with Crippen LogP contribution in [0.15, 0.2) is 0 Å². The largest absolute Gasteiger partial charge is 0.481 e. The van der Waals surface area contributed by atoms with Gasteiger partial charge in [0.1, 0.15) is 0 Å². The van der Waals surface area contributed by atoms with Crippen molar-refractivity contribution in [2.45, 2.75) is 58.3 Å². The fourth-order valence-electron chi connectivity index (χ4n) is 3.62. The Bertz CT molecular complexity index is 347. The number of carboxylic acids is 1. The van der Waals surface area contributed by atoms with Crippen LogP contribution in [0, 0.1) is 11.3 Å².